The van der Waals surface area contributed by atoms with Crippen LogP contribution in [-0.2, 0) is 20.8 Å². The molecule has 0 spiro atoms. The summed E-state index contributed by atoms with van der Waals surface area (Å²) in [6, 6.07) is 10.2. The third-order valence-corrected chi connectivity index (χ3v) is 3.47. The molecule has 1 aliphatic heterocycles. The summed E-state index contributed by atoms with van der Waals surface area (Å²) in [5.41, 5.74) is 1.18. The Morgan fingerprint density at radius 3 is 2.80 bits per heavy atom. The van der Waals surface area contributed by atoms with Gasteiger partial charge < -0.3 is 14.2 Å². The molecule has 1 saturated heterocycles. The fraction of sp³-hybridized carbons (Fsp3) is 0.529. The Balaban J connectivity index is 1.85. The van der Waals surface area contributed by atoms with Gasteiger partial charge in [0, 0.05) is 5.92 Å². The smallest absolute Gasteiger partial charge is 0.163 e. The van der Waals surface area contributed by atoms with Gasteiger partial charge in [-0.2, -0.15) is 0 Å². The van der Waals surface area contributed by atoms with Crippen LogP contribution in [0.3, 0.4) is 0 Å². The average molecular weight is 276 g/mol. The standard InChI is InChI=1S/C17H24O3/c1-4-8-15-12-19-17(2,3)20-16(15)13-18-11-14-9-6-5-7-10-14/h4-7,9-10,15-16H,1,8,11-13H2,2-3H3/t15-,16-/m0/s1. The van der Waals surface area contributed by atoms with Gasteiger partial charge in [-0.1, -0.05) is 36.4 Å². The molecule has 0 radical (unpaired) electrons. The normalized spacial score (nSPS) is 25.3. The van der Waals surface area contributed by atoms with Gasteiger partial charge in [0.2, 0.25) is 0 Å². The van der Waals surface area contributed by atoms with E-state index in [0.29, 0.717) is 25.7 Å². The topological polar surface area (TPSA) is 27.7 Å². The van der Waals surface area contributed by atoms with Crippen molar-refractivity contribution in [2.24, 2.45) is 5.92 Å². The first-order valence-electron chi connectivity index (χ1n) is 7.15. The van der Waals surface area contributed by atoms with E-state index in [9.17, 15) is 0 Å². The van der Waals surface area contributed by atoms with E-state index in [-0.39, 0.29) is 6.10 Å². The summed E-state index contributed by atoms with van der Waals surface area (Å²) in [7, 11) is 0. The van der Waals surface area contributed by atoms with Crippen molar-refractivity contribution >= 4 is 0 Å². The van der Waals surface area contributed by atoms with Crippen LogP contribution in [0.4, 0.5) is 0 Å². The van der Waals surface area contributed by atoms with Crippen molar-refractivity contribution < 1.29 is 14.2 Å². The van der Waals surface area contributed by atoms with E-state index in [2.05, 4.69) is 18.7 Å². The van der Waals surface area contributed by atoms with Crippen molar-refractivity contribution in [1.29, 1.82) is 0 Å². The number of hydrogen-bond acceptors (Lipinski definition) is 3. The highest BCUT2D eigenvalue weighted by atomic mass is 16.7. The van der Waals surface area contributed by atoms with Gasteiger partial charge in [0.15, 0.2) is 5.79 Å². The molecule has 1 fully saturated rings. The molecule has 0 amide bonds. The van der Waals surface area contributed by atoms with Crippen molar-refractivity contribution in [2.45, 2.75) is 38.8 Å². The van der Waals surface area contributed by atoms with Crippen LogP contribution < -0.4 is 0 Å². The monoisotopic (exact) mass is 276 g/mol. The predicted octanol–water partition coefficient (Wildman–Crippen LogP) is 3.55. The zero-order valence-electron chi connectivity index (χ0n) is 12.4. The SMILES string of the molecule is C=CC[C@H]1COC(C)(C)O[C@H]1COCc1ccccc1. The zero-order valence-corrected chi connectivity index (χ0v) is 12.4. The first-order valence-corrected chi connectivity index (χ1v) is 7.15. The molecule has 1 aliphatic rings. The minimum absolute atomic E-state index is 0.0560. The van der Waals surface area contributed by atoms with E-state index in [1.807, 2.05) is 38.1 Å². The quantitative estimate of drug-likeness (QED) is 0.744. The van der Waals surface area contributed by atoms with Crippen LogP contribution >= 0.6 is 0 Å². The zero-order chi connectivity index (χ0) is 14.4. The van der Waals surface area contributed by atoms with Crippen LogP contribution in [0.2, 0.25) is 0 Å². The van der Waals surface area contributed by atoms with Gasteiger partial charge in [0.1, 0.15) is 0 Å². The molecular formula is C17H24O3. The largest absolute Gasteiger partial charge is 0.374 e. The fourth-order valence-electron chi connectivity index (χ4n) is 2.38. The van der Waals surface area contributed by atoms with E-state index in [1.165, 1.54) is 5.56 Å². The van der Waals surface area contributed by atoms with Crippen molar-refractivity contribution in [3.63, 3.8) is 0 Å². The van der Waals surface area contributed by atoms with Crippen LogP contribution in [-0.4, -0.2) is 25.1 Å². The summed E-state index contributed by atoms with van der Waals surface area (Å²) in [4.78, 5) is 0. The second kappa shape index (κ2) is 7.02. The molecule has 20 heavy (non-hydrogen) atoms. The van der Waals surface area contributed by atoms with E-state index < -0.39 is 5.79 Å². The first-order chi connectivity index (χ1) is 9.61. The van der Waals surface area contributed by atoms with Gasteiger partial charge in [0.25, 0.3) is 0 Å². The van der Waals surface area contributed by atoms with Crippen molar-refractivity contribution in [2.75, 3.05) is 13.2 Å². The first kappa shape index (κ1) is 15.2. The number of benzene rings is 1. The molecule has 0 unspecified atom stereocenters. The summed E-state index contributed by atoms with van der Waals surface area (Å²) < 4.78 is 17.5. The van der Waals surface area contributed by atoms with Gasteiger partial charge in [-0.15, -0.1) is 6.58 Å². The van der Waals surface area contributed by atoms with E-state index in [1.54, 1.807) is 0 Å². The highest BCUT2D eigenvalue weighted by molar-refractivity contribution is 5.13. The van der Waals surface area contributed by atoms with Crippen LogP contribution in [0, 0.1) is 5.92 Å². The second-order valence-electron chi connectivity index (χ2n) is 5.65. The number of allylic oxidation sites excluding steroid dienone is 1. The average Bonchev–Trinajstić information content (AvgIpc) is 2.43. The molecule has 0 aliphatic carbocycles. The lowest BCUT2D eigenvalue weighted by atomic mass is 9.98. The highest BCUT2D eigenvalue weighted by Crippen LogP contribution is 2.28. The Morgan fingerprint density at radius 2 is 2.10 bits per heavy atom. The second-order valence-corrected chi connectivity index (χ2v) is 5.65. The van der Waals surface area contributed by atoms with Crippen LogP contribution in [0.15, 0.2) is 43.0 Å². The van der Waals surface area contributed by atoms with Crippen molar-refractivity contribution in [3.05, 3.63) is 48.6 Å². The number of rotatable bonds is 6. The Hall–Kier alpha value is -1.16. The predicted molar refractivity (Wildman–Crippen MR) is 79.3 cm³/mol. The third kappa shape index (κ3) is 4.44. The molecule has 0 saturated carbocycles. The van der Waals surface area contributed by atoms with E-state index in [0.717, 1.165) is 6.42 Å². The Morgan fingerprint density at radius 1 is 1.35 bits per heavy atom. The van der Waals surface area contributed by atoms with E-state index >= 15 is 0 Å². The summed E-state index contributed by atoms with van der Waals surface area (Å²) in [6.07, 6.45) is 2.86. The summed E-state index contributed by atoms with van der Waals surface area (Å²) in [5, 5.41) is 0. The lowest BCUT2D eigenvalue weighted by Crippen LogP contribution is -2.47. The molecule has 1 heterocycles. The molecule has 1 aromatic carbocycles. The van der Waals surface area contributed by atoms with Crippen molar-refractivity contribution in [1.82, 2.24) is 0 Å². The molecule has 0 bridgehead atoms. The van der Waals surface area contributed by atoms with Gasteiger partial charge in [0.05, 0.1) is 25.9 Å². The number of ether oxygens (including phenoxy) is 3. The lowest BCUT2D eigenvalue weighted by molar-refractivity contribution is -0.299. The number of hydrogen-bond donors (Lipinski definition) is 0. The highest BCUT2D eigenvalue weighted by Gasteiger charge is 2.35. The summed E-state index contributed by atoms with van der Waals surface area (Å²) in [6.45, 7) is 9.58. The van der Waals surface area contributed by atoms with Gasteiger partial charge >= 0.3 is 0 Å². The van der Waals surface area contributed by atoms with Crippen LogP contribution in [0.1, 0.15) is 25.8 Å². The molecule has 3 heteroatoms. The summed E-state index contributed by atoms with van der Waals surface area (Å²) in [5.74, 6) is -0.213. The maximum absolute atomic E-state index is 5.98. The maximum atomic E-state index is 5.98. The minimum Gasteiger partial charge on any atom is -0.374 e. The van der Waals surface area contributed by atoms with Gasteiger partial charge in [-0.25, -0.2) is 0 Å². The molecule has 3 nitrogen and oxygen atoms in total. The van der Waals surface area contributed by atoms with Gasteiger partial charge in [-0.05, 0) is 25.8 Å². The lowest BCUT2D eigenvalue weighted by Gasteiger charge is -2.40. The molecule has 0 aromatic heterocycles. The third-order valence-electron chi connectivity index (χ3n) is 3.47. The Labute approximate surface area is 121 Å². The molecule has 2 rings (SSSR count). The minimum atomic E-state index is -0.529. The van der Waals surface area contributed by atoms with Crippen LogP contribution in [0.5, 0.6) is 0 Å². The molecule has 1 aromatic rings. The molecular weight excluding hydrogens is 252 g/mol. The summed E-state index contributed by atoms with van der Waals surface area (Å²) >= 11 is 0. The van der Waals surface area contributed by atoms with Crippen molar-refractivity contribution in [3.8, 4) is 0 Å². The maximum Gasteiger partial charge on any atom is 0.163 e. The molecule has 110 valence electrons. The van der Waals surface area contributed by atoms with Gasteiger partial charge in [-0.3, -0.25) is 0 Å². The Bertz CT molecular complexity index is 414. The molecule has 2 atom stereocenters. The van der Waals surface area contributed by atoms with E-state index in [4.69, 9.17) is 14.2 Å². The Kier molecular flexibility index (Phi) is 5.35. The fourth-order valence-corrected chi connectivity index (χ4v) is 2.38. The molecule has 0 N–H and O–H groups in total. The van der Waals surface area contributed by atoms with Crippen LogP contribution in [0.25, 0.3) is 0 Å².